The Labute approximate surface area is 169 Å². The minimum Gasteiger partial charge on any atom is -0.444 e. The average molecular weight is 418 g/mol. The molecule has 0 spiro atoms. The van der Waals surface area contributed by atoms with Crippen molar-refractivity contribution in [1.82, 2.24) is 15.2 Å². The van der Waals surface area contributed by atoms with E-state index >= 15 is 0 Å². The molecule has 2 heterocycles. The molecule has 4 rings (SSSR count). The second-order valence-corrected chi connectivity index (χ2v) is 7.13. The number of benzene rings is 2. The molecule has 0 saturated carbocycles. The number of imide groups is 1. The van der Waals surface area contributed by atoms with Crippen molar-refractivity contribution >= 4 is 23.5 Å². The molecule has 6 nitrogen and oxygen atoms in total. The van der Waals surface area contributed by atoms with Crippen LogP contribution in [-0.4, -0.2) is 21.8 Å². The molecule has 3 amide bonds. The van der Waals surface area contributed by atoms with Crippen molar-refractivity contribution in [2.75, 3.05) is 0 Å². The Morgan fingerprint density at radius 1 is 1.14 bits per heavy atom. The largest absolute Gasteiger partial charge is 0.444 e. The monoisotopic (exact) mass is 417 g/mol. The maximum absolute atomic E-state index is 13.4. The van der Waals surface area contributed by atoms with Crippen LogP contribution < -0.4 is 5.32 Å². The van der Waals surface area contributed by atoms with Gasteiger partial charge in [0.15, 0.2) is 0 Å². The first kappa shape index (κ1) is 19.1. The van der Waals surface area contributed by atoms with Gasteiger partial charge in [0.2, 0.25) is 5.89 Å². The van der Waals surface area contributed by atoms with E-state index in [1.165, 1.54) is 49.6 Å². The van der Waals surface area contributed by atoms with Crippen LogP contribution in [0.4, 0.5) is 13.6 Å². The number of nitrogens with one attached hydrogen (secondary N) is 1. The Kier molecular flexibility index (Phi) is 4.58. The van der Waals surface area contributed by atoms with Gasteiger partial charge in [-0.2, -0.15) is 0 Å². The van der Waals surface area contributed by atoms with Gasteiger partial charge in [-0.15, -0.1) is 0 Å². The summed E-state index contributed by atoms with van der Waals surface area (Å²) in [6.45, 7) is 1.36. The number of hydrogen-bond acceptors (Lipinski definition) is 4. The van der Waals surface area contributed by atoms with Gasteiger partial charge < -0.3 is 9.73 Å². The predicted molar refractivity (Wildman–Crippen MR) is 99.7 cm³/mol. The van der Waals surface area contributed by atoms with Crippen molar-refractivity contribution in [1.29, 1.82) is 0 Å². The molecule has 148 valence electrons. The second kappa shape index (κ2) is 6.97. The molecule has 0 bridgehead atoms. The van der Waals surface area contributed by atoms with Crippen molar-refractivity contribution in [3.63, 3.8) is 0 Å². The zero-order chi connectivity index (χ0) is 20.8. The molecule has 29 heavy (non-hydrogen) atoms. The van der Waals surface area contributed by atoms with Crippen molar-refractivity contribution in [3.05, 3.63) is 76.6 Å². The van der Waals surface area contributed by atoms with Gasteiger partial charge in [0, 0.05) is 16.1 Å². The first-order chi connectivity index (χ1) is 13.8. The van der Waals surface area contributed by atoms with Crippen molar-refractivity contribution in [3.8, 4) is 11.5 Å². The van der Waals surface area contributed by atoms with Crippen LogP contribution in [0.1, 0.15) is 18.2 Å². The van der Waals surface area contributed by atoms with Crippen LogP contribution in [0.5, 0.6) is 0 Å². The number of carbonyl (C=O) groups excluding carboxylic acids is 2. The van der Waals surface area contributed by atoms with Crippen molar-refractivity contribution in [2.24, 2.45) is 0 Å². The van der Waals surface area contributed by atoms with Crippen LogP contribution in [0.3, 0.4) is 0 Å². The summed E-state index contributed by atoms with van der Waals surface area (Å²) in [5.74, 6) is -1.26. The molecule has 1 aliphatic rings. The van der Waals surface area contributed by atoms with E-state index in [0.717, 1.165) is 11.0 Å². The van der Waals surface area contributed by atoms with Crippen molar-refractivity contribution < 1.29 is 22.8 Å². The second-order valence-electron chi connectivity index (χ2n) is 6.72. The highest BCUT2D eigenvalue weighted by molar-refractivity contribution is 6.32. The fourth-order valence-electron chi connectivity index (χ4n) is 3.18. The van der Waals surface area contributed by atoms with Gasteiger partial charge >= 0.3 is 6.03 Å². The summed E-state index contributed by atoms with van der Waals surface area (Å²) in [6.07, 6.45) is 1.32. The molecule has 1 saturated heterocycles. The zero-order valence-corrected chi connectivity index (χ0v) is 15.8. The summed E-state index contributed by atoms with van der Waals surface area (Å²) in [4.78, 5) is 30.7. The SMILES string of the molecule is CC1(c2ccc(F)cc2Cl)NC(=O)N(Cc2coc(-c3ccc(F)cc3)n2)C1=O. The zero-order valence-electron chi connectivity index (χ0n) is 15.1. The molecule has 1 N–H and O–H groups in total. The molecule has 3 aromatic rings. The van der Waals surface area contributed by atoms with Crippen LogP contribution in [-0.2, 0) is 16.9 Å². The first-order valence-corrected chi connectivity index (χ1v) is 8.96. The molecule has 2 aromatic carbocycles. The lowest BCUT2D eigenvalue weighted by molar-refractivity contribution is -0.131. The fourth-order valence-corrected chi connectivity index (χ4v) is 3.54. The molecule has 1 unspecified atom stereocenters. The Morgan fingerprint density at radius 2 is 1.83 bits per heavy atom. The number of oxazole rings is 1. The number of aromatic nitrogens is 1. The lowest BCUT2D eigenvalue weighted by atomic mass is 9.92. The van der Waals surface area contributed by atoms with E-state index in [9.17, 15) is 18.4 Å². The molecular formula is C20H14ClF2N3O3. The summed E-state index contributed by atoms with van der Waals surface area (Å²) in [7, 11) is 0. The van der Waals surface area contributed by atoms with Gasteiger partial charge in [0.25, 0.3) is 5.91 Å². The number of hydrogen-bond donors (Lipinski definition) is 1. The molecular weight excluding hydrogens is 404 g/mol. The summed E-state index contributed by atoms with van der Waals surface area (Å²) < 4.78 is 31.8. The fraction of sp³-hybridized carbons (Fsp3) is 0.150. The van der Waals surface area contributed by atoms with Gasteiger partial charge in [-0.3, -0.25) is 9.69 Å². The van der Waals surface area contributed by atoms with Crippen LogP contribution in [0.2, 0.25) is 5.02 Å². The van der Waals surface area contributed by atoms with Crippen LogP contribution in [0.15, 0.2) is 53.1 Å². The molecule has 1 fully saturated rings. The Morgan fingerprint density at radius 3 is 2.52 bits per heavy atom. The topological polar surface area (TPSA) is 75.4 Å². The van der Waals surface area contributed by atoms with Gasteiger partial charge in [-0.05, 0) is 43.3 Å². The summed E-state index contributed by atoms with van der Waals surface area (Å²) in [6, 6.07) is 8.53. The third-order valence-corrected chi connectivity index (χ3v) is 5.02. The predicted octanol–water partition coefficient (Wildman–Crippen LogP) is 4.24. The van der Waals surface area contributed by atoms with Gasteiger partial charge in [-0.1, -0.05) is 17.7 Å². The Hall–Kier alpha value is -3.26. The normalized spacial score (nSPS) is 19.0. The minimum atomic E-state index is -1.44. The third kappa shape index (κ3) is 3.36. The first-order valence-electron chi connectivity index (χ1n) is 8.58. The van der Waals surface area contributed by atoms with E-state index in [-0.39, 0.29) is 23.0 Å². The number of carbonyl (C=O) groups is 2. The molecule has 1 atom stereocenters. The number of amides is 3. The average Bonchev–Trinajstić information content (AvgIpc) is 3.21. The molecule has 1 aromatic heterocycles. The van der Waals surface area contributed by atoms with Crippen LogP contribution in [0.25, 0.3) is 11.5 Å². The molecule has 1 aliphatic heterocycles. The number of rotatable bonds is 4. The maximum atomic E-state index is 13.4. The highest BCUT2D eigenvalue weighted by atomic mass is 35.5. The van der Waals surface area contributed by atoms with E-state index in [1.54, 1.807) is 0 Å². The standard InChI is InChI=1S/C20H14ClF2N3O3/c1-20(15-7-6-13(23)8-16(15)21)18(27)26(19(28)25-20)9-14-10-29-17(24-14)11-2-4-12(22)5-3-11/h2-8,10H,9H2,1H3,(H,25,28). The third-order valence-electron chi connectivity index (χ3n) is 4.71. The number of nitrogens with zero attached hydrogens (tertiary/aromatic N) is 2. The van der Waals surface area contributed by atoms with E-state index < -0.39 is 29.1 Å². The van der Waals surface area contributed by atoms with E-state index in [4.69, 9.17) is 16.0 Å². The summed E-state index contributed by atoms with van der Waals surface area (Å²) in [5.41, 5.74) is -0.264. The molecule has 9 heteroatoms. The Bertz CT molecular complexity index is 1120. The van der Waals surface area contributed by atoms with Gasteiger partial charge in [-0.25, -0.2) is 18.6 Å². The molecule has 0 radical (unpaired) electrons. The lowest BCUT2D eigenvalue weighted by Crippen LogP contribution is -2.41. The van der Waals surface area contributed by atoms with Crippen LogP contribution in [0, 0.1) is 11.6 Å². The van der Waals surface area contributed by atoms with Crippen molar-refractivity contribution in [2.45, 2.75) is 19.0 Å². The maximum Gasteiger partial charge on any atom is 0.325 e. The summed E-state index contributed by atoms with van der Waals surface area (Å²) in [5, 5.41) is 2.63. The van der Waals surface area contributed by atoms with E-state index in [0.29, 0.717) is 11.3 Å². The van der Waals surface area contributed by atoms with E-state index in [2.05, 4.69) is 10.3 Å². The number of halogens is 3. The Balaban J connectivity index is 1.58. The lowest BCUT2D eigenvalue weighted by Gasteiger charge is -2.23. The highest BCUT2D eigenvalue weighted by Gasteiger charge is 2.50. The quantitative estimate of drug-likeness (QED) is 0.644. The van der Waals surface area contributed by atoms with Gasteiger partial charge in [0.05, 0.1) is 12.2 Å². The molecule has 0 aliphatic carbocycles. The smallest absolute Gasteiger partial charge is 0.325 e. The van der Waals surface area contributed by atoms with E-state index in [1.807, 2.05) is 0 Å². The minimum absolute atomic E-state index is 0.0306. The van der Waals surface area contributed by atoms with Gasteiger partial charge in [0.1, 0.15) is 23.4 Å². The van der Waals surface area contributed by atoms with Crippen LogP contribution >= 0.6 is 11.6 Å². The summed E-state index contributed by atoms with van der Waals surface area (Å²) >= 11 is 6.09. The number of urea groups is 1. The highest BCUT2D eigenvalue weighted by Crippen LogP contribution is 2.34.